The van der Waals surface area contributed by atoms with E-state index in [0.717, 1.165) is 22.8 Å². The zero-order chi connectivity index (χ0) is 18.3. The zero-order valence-electron chi connectivity index (χ0n) is 13.4. The number of hydrogen-bond acceptors (Lipinski definition) is 3. The van der Waals surface area contributed by atoms with Gasteiger partial charge in [-0.15, -0.1) is 0 Å². The van der Waals surface area contributed by atoms with Crippen molar-refractivity contribution < 1.29 is 24.3 Å². The van der Waals surface area contributed by atoms with E-state index < -0.39 is 25.9 Å². The van der Waals surface area contributed by atoms with Gasteiger partial charge in [0.1, 0.15) is 0 Å². The van der Waals surface area contributed by atoms with Crippen molar-refractivity contribution in [1.82, 2.24) is 5.32 Å². The van der Waals surface area contributed by atoms with E-state index >= 15 is 0 Å². The summed E-state index contributed by atoms with van der Waals surface area (Å²) >= 11 is 0. The lowest BCUT2D eigenvalue weighted by atomic mass is 10.0. The fraction of sp³-hybridized carbons (Fsp3) is 0.167. The van der Waals surface area contributed by atoms with Crippen molar-refractivity contribution in [3.05, 3.63) is 72.3 Å². The van der Waals surface area contributed by atoms with Crippen molar-refractivity contribution in [1.29, 1.82) is 0 Å². The molecule has 0 heterocycles. The second-order valence-electron chi connectivity index (χ2n) is 5.60. The van der Waals surface area contributed by atoms with E-state index in [1.165, 1.54) is 6.08 Å². The Bertz CT molecular complexity index is 768. The molecule has 0 amide bonds. The molecule has 2 rings (SSSR count). The normalized spacial score (nSPS) is 13.0. The summed E-state index contributed by atoms with van der Waals surface area (Å²) in [6, 6.07) is 17.2. The van der Waals surface area contributed by atoms with Gasteiger partial charge >= 0.3 is 13.6 Å². The largest absolute Gasteiger partial charge is 0.478 e. The molecule has 0 fully saturated rings. The van der Waals surface area contributed by atoms with Gasteiger partial charge in [-0.3, -0.25) is 9.88 Å². The molecule has 2 aromatic rings. The van der Waals surface area contributed by atoms with Gasteiger partial charge in [0.2, 0.25) is 0 Å². The van der Waals surface area contributed by atoms with E-state index in [9.17, 15) is 9.36 Å². The van der Waals surface area contributed by atoms with Gasteiger partial charge in [0.25, 0.3) is 0 Å². The van der Waals surface area contributed by atoms with Gasteiger partial charge in [0.15, 0.2) is 0 Å². The Morgan fingerprint density at radius 3 is 2.20 bits per heavy atom. The summed E-state index contributed by atoms with van der Waals surface area (Å²) in [5.41, 5.74) is 3.08. The molecule has 132 valence electrons. The lowest BCUT2D eigenvalue weighted by Gasteiger charge is -2.16. The van der Waals surface area contributed by atoms with Crippen molar-refractivity contribution in [3.8, 4) is 11.1 Å². The number of nitrogens with one attached hydrogen (secondary N) is 1. The predicted molar refractivity (Wildman–Crippen MR) is 96.2 cm³/mol. The number of rotatable bonds is 8. The highest BCUT2D eigenvalue weighted by Gasteiger charge is 2.15. The van der Waals surface area contributed by atoms with Gasteiger partial charge in [0.05, 0.1) is 6.29 Å². The molecule has 7 heteroatoms. The summed E-state index contributed by atoms with van der Waals surface area (Å²) in [6.07, 6.45) is 2.27. The summed E-state index contributed by atoms with van der Waals surface area (Å²) in [4.78, 5) is 28.7. The van der Waals surface area contributed by atoms with Crippen LogP contribution in [0.5, 0.6) is 0 Å². The molecule has 0 saturated heterocycles. The Hall–Kier alpha value is -2.24. The van der Waals surface area contributed by atoms with Crippen LogP contribution in [0.3, 0.4) is 0 Å². The van der Waals surface area contributed by atoms with Crippen LogP contribution in [0.25, 0.3) is 11.1 Å². The third-order valence-electron chi connectivity index (χ3n) is 3.55. The number of carbonyl (C=O) groups is 1. The van der Waals surface area contributed by atoms with Crippen LogP contribution in [0.15, 0.2) is 66.7 Å². The van der Waals surface area contributed by atoms with Crippen LogP contribution < -0.4 is 5.32 Å². The summed E-state index contributed by atoms with van der Waals surface area (Å²) in [5.74, 6) is -1.11. The number of hydrogen-bond donors (Lipinski definition) is 4. The first-order valence-electron chi connectivity index (χ1n) is 7.67. The highest BCUT2D eigenvalue weighted by atomic mass is 31.2. The van der Waals surface area contributed by atoms with E-state index in [2.05, 4.69) is 5.32 Å². The second kappa shape index (κ2) is 8.74. The molecule has 0 unspecified atom stereocenters. The fourth-order valence-electron chi connectivity index (χ4n) is 2.36. The van der Waals surface area contributed by atoms with Crippen LogP contribution in [0.2, 0.25) is 0 Å². The van der Waals surface area contributed by atoms with Gasteiger partial charge in [-0.1, -0.05) is 60.7 Å². The molecule has 25 heavy (non-hydrogen) atoms. The molecule has 4 N–H and O–H groups in total. The summed E-state index contributed by atoms with van der Waals surface area (Å²) < 4.78 is 11.0. The summed E-state index contributed by atoms with van der Waals surface area (Å²) in [5, 5.41) is 11.4. The SMILES string of the molecule is O=C(O)C=C[C@H](Cc1ccc(-c2ccccc2)cc1)NCP(=O)(O)O. The highest BCUT2D eigenvalue weighted by Crippen LogP contribution is 2.32. The topological polar surface area (TPSA) is 107 Å². The Morgan fingerprint density at radius 1 is 1.04 bits per heavy atom. The van der Waals surface area contributed by atoms with Crippen LogP contribution in [0, 0.1) is 0 Å². The van der Waals surface area contributed by atoms with Gasteiger partial charge in [-0.2, -0.15) is 0 Å². The maximum atomic E-state index is 11.0. The molecule has 0 aliphatic carbocycles. The molecule has 2 aromatic carbocycles. The zero-order valence-corrected chi connectivity index (χ0v) is 14.3. The lowest BCUT2D eigenvalue weighted by molar-refractivity contribution is -0.131. The highest BCUT2D eigenvalue weighted by molar-refractivity contribution is 7.51. The van der Waals surface area contributed by atoms with Crippen molar-refractivity contribution in [3.63, 3.8) is 0 Å². The van der Waals surface area contributed by atoms with Gasteiger partial charge in [0, 0.05) is 12.1 Å². The van der Waals surface area contributed by atoms with Crippen molar-refractivity contribution >= 4 is 13.6 Å². The van der Waals surface area contributed by atoms with Crippen molar-refractivity contribution in [2.24, 2.45) is 0 Å². The minimum Gasteiger partial charge on any atom is -0.478 e. The second-order valence-corrected chi connectivity index (χ2v) is 7.24. The summed E-state index contributed by atoms with van der Waals surface area (Å²) in [7, 11) is -4.21. The Morgan fingerprint density at radius 2 is 1.64 bits per heavy atom. The minimum absolute atomic E-state index is 0.416. The molecule has 0 aromatic heterocycles. The molecule has 0 aliphatic heterocycles. The number of benzene rings is 2. The number of carboxylic acids is 1. The fourth-order valence-corrected chi connectivity index (χ4v) is 2.83. The van der Waals surface area contributed by atoms with E-state index in [1.807, 2.05) is 54.6 Å². The van der Waals surface area contributed by atoms with Crippen molar-refractivity contribution in [2.75, 3.05) is 6.29 Å². The molecule has 0 aliphatic rings. The molecule has 1 atom stereocenters. The first-order chi connectivity index (χ1) is 11.8. The molecular weight excluding hydrogens is 341 g/mol. The van der Waals surface area contributed by atoms with Crippen LogP contribution in [0.1, 0.15) is 5.56 Å². The molecule has 0 saturated carbocycles. The van der Waals surface area contributed by atoms with E-state index in [4.69, 9.17) is 14.9 Å². The number of aliphatic carboxylic acids is 1. The quantitative estimate of drug-likeness (QED) is 0.425. The molecule has 6 nitrogen and oxygen atoms in total. The number of carboxylic acid groups (broad SMARTS) is 1. The van der Waals surface area contributed by atoms with Gasteiger partial charge < -0.3 is 14.9 Å². The first-order valence-corrected chi connectivity index (χ1v) is 9.47. The van der Waals surface area contributed by atoms with Crippen LogP contribution in [0.4, 0.5) is 0 Å². The van der Waals surface area contributed by atoms with Crippen LogP contribution in [-0.2, 0) is 15.8 Å². The average Bonchev–Trinajstić information content (AvgIpc) is 2.58. The third kappa shape index (κ3) is 7.03. The Kier molecular flexibility index (Phi) is 6.67. The lowest BCUT2D eigenvalue weighted by Crippen LogP contribution is -2.30. The minimum atomic E-state index is -4.21. The molecule has 0 bridgehead atoms. The molecule has 0 radical (unpaired) electrons. The standard InChI is InChI=1S/C18H20NO5P/c20-18(21)11-10-17(19-13-25(22,23)24)12-14-6-8-16(9-7-14)15-4-2-1-3-5-15/h1-11,17,19H,12-13H2,(H,20,21)(H2,22,23,24)/t17-/m1/s1. The van der Waals surface area contributed by atoms with E-state index in [-0.39, 0.29) is 0 Å². The maximum Gasteiger partial charge on any atom is 0.339 e. The monoisotopic (exact) mass is 361 g/mol. The molecule has 0 spiro atoms. The van der Waals surface area contributed by atoms with Gasteiger partial charge in [-0.05, 0) is 23.1 Å². The Labute approximate surface area is 146 Å². The van der Waals surface area contributed by atoms with E-state index in [1.54, 1.807) is 0 Å². The Balaban J connectivity index is 2.09. The van der Waals surface area contributed by atoms with Crippen molar-refractivity contribution in [2.45, 2.75) is 12.5 Å². The summed E-state index contributed by atoms with van der Waals surface area (Å²) in [6.45, 7) is 0. The van der Waals surface area contributed by atoms with Crippen LogP contribution >= 0.6 is 7.60 Å². The smallest absolute Gasteiger partial charge is 0.339 e. The van der Waals surface area contributed by atoms with Crippen LogP contribution in [-0.4, -0.2) is 33.2 Å². The average molecular weight is 361 g/mol. The first kappa shape index (κ1) is 19.1. The maximum absolute atomic E-state index is 11.0. The predicted octanol–water partition coefficient (Wildman–Crippen LogP) is 2.63. The van der Waals surface area contributed by atoms with E-state index in [0.29, 0.717) is 6.42 Å². The third-order valence-corrected chi connectivity index (χ3v) is 4.14. The van der Waals surface area contributed by atoms with Gasteiger partial charge in [-0.25, -0.2) is 4.79 Å². The molecular formula is C18H20NO5P.